The summed E-state index contributed by atoms with van der Waals surface area (Å²) in [6.45, 7) is 2.82. The highest BCUT2D eigenvalue weighted by Crippen LogP contribution is 2.28. The van der Waals surface area contributed by atoms with Crippen molar-refractivity contribution in [2.75, 3.05) is 30.3 Å². The van der Waals surface area contributed by atoms with Gasteiger partial charge in [-0.05, 0) is 37.5 Å². The van der Waals surface area contributed by atoms with Gasteiger partial charge in [-0.2, -0.15) is 0 Å². The molecule has 2 aromatic heterocycles. The Bertz CT molecular complexity index is 969. The number of hydrogen-bond acceptors (Lipinski definition) is 8. The van der Waals surface area contributed by atoms with E-state index in [1.54, 1.807) is 24.5 Å². The van der Waals surface area contributed by atoms with Crippen LogP contribution in [0.3, 0.4) is 0 Å². The van der Waals surface area contributed by atoms with E-state index >= 15 is 0 Å². The van der Waals surface area contributed by atoms with E-state index in [0.29, 0.717) is 18.9 Å². The number of para-hydroxylation sites is 2. The van der Waals surface area contributed by atoms with E-state index in [2.05, 4.69) is 19.7 Å². The van der Waals surface area contributed by atoms with E-state index < -0.39 is 4.92 Å². The van der Waals surface area contributed by atoms with Gasteiger partial charge in [0.25, 0.3) is 0 Å². The lowest BCUT2D eigenvalue weighted by atomic mass is 10.1. The van der Waals surface area contributed by atoms with Crippen LogP contribution in [0.15, 0.2) is 52.2 Å². The van der Waals surface area contributed by atoms with Gasteiger partial charge >= 0.3 is 5.69 Å². The van der Waals surface area contributed by atoms with Crippen LogP contribution in [-0.4, -0.2) is 45.1 Å². The molecule has 1 fully saturated rings. The molecule has 1 aromatic carbocycles. The van der Waals surface area contributed by atoms with Crippen molar-refractivity contribution in [3.8, 4) is 5.75 Å². The Kier molecular flexibility index (Phi) is 6.53. The molecule has 0 aliphatic carbocycles. The molecule has 0 spiro atoms. The zero-order valence-electron chi connectivity index (χ0n) is 16.5. The lowest BCUT2D eigenvalue weighted by Crippen LogP contribution is -2.32. The monoisotopic (exact) mass is 429 g/mol. The third-order valence-electron chi connectivity index (χ3n) is 4.86. The van der Waals surface area contributed by atoms with Gasteiger partial charge < -0.3 is 14.1 Å². The summed E-state index contributed by atoms with van der Waals surface area (Å²) in [5.74, 6) is 2.55. The van der Waals surface area contributed by atoms with Gasteiger partial charge in [0.15, 0.2) is 10.9 Å². The first-order valence-corrected chi connectivity index (χ1v) is 10.9. The first kappa shape index (κ1) is 20.3. The highest BCUT2D eigenvalue weighted by Gasteiger charge is 2.21. The standard InChI is InChI=1S/C20H23N5O4S/c26-25(27)17-8-2-3-9-18(17)29-13-14-30-20-22-21-19(23-10-4-1-5-11-23)24(20)15-16-7-6-12-28-16/h2-3,6-9,12H,1,4-5,10-11,13-15H2. The van der Waals surface area contributed by atoms with E-state index in [4.69, 9.17) is 9.15 Å². The van der Waals surface area contributed by atoms with Crippen LogP contribution in [0.2, 0.25) is 0 Å². The summed E-state index contributed by atoms with van der Waals surface area (Å²) in [7, 11) is 0. The fraction of sp³-hybridized carbons (Fsp3) is 0.400. The minimum Gasteiger partial charge on any atom is -0.486 e. The fourth-order valence-electron chi connectivity index (χ4n) is 3.43. The SMILES string of the molecule is O=[N+]([O-])c1ccccc1OCCSc1nnc(N2CCCCC2)n1Cc1ccco1. The molecule has 3 heterocycles. The molecule has 158 valence electrons. The lowest BCUT2D eigenvalue weighted by molar-refractivity contribution is -0.385. The van der Waals surface area contributed by atoms with Crippen LogP contribution in [0.5, 0.6) is 5.75 Å². The molecule has 9 nitrogen and oxygen atoms in total. The number of benzene rings is 1. The molecule has 0 saturated carbocycles. The number of rotatable bonds is 9. The van der Waals surface area contributed by atoms with E-state index in [1.807, 2.05) is 12.1 Å². The summed E-state index contributed by atoms with van der Waals surface area (Å²) < 4.78 is 13.2. The minimum atomic E-state index is -0.437. The number of nitro groups is 1. The van der Waals surface area contributed by atoms with E-state index in [0.717, 1.165) is 42.8 Å². The summed E-state index contributed by atoms with van der Waals surface area (Å²) >= 11 is 1.51. The highest BCUT2D eigenvalue weighted by molar-refractivity contribution is 7.99. The van der Waals surface area contributed by atoms with Crippen molar-refractivity contribution in [3.05, 3.63) is 58.5 Å². The summed E-state index contributed by atoms with van der Waals surface area (Å²) in [6.07, 6.45) is 5.21. The molecule has 0 amide bonds. The smallest absolute Gasteiger partial charge is 0.310 e. The Balaban J connectivity index is 1.43. The van der Waals surface area contributed by atoms with Crippen molar-refractivity contribution in [2.45, 2.75) is 31.0 Å². The number of nitro benzene ring substituents is 1. The van der Waals surface area contributed by atoms with Crippen molar-refractivity contribution in [3.63, 3.8) is 0 Å². The highest BCUT2D eigenvalue weighted by atomic mass is 32.2. The molecule has 4 rings (SSSR count). The molecule has 3 aromatic rings. The second-order valence-corrected chi connectivity index (χ2v) is 7.98. The van der Waals surface area contributed by atoms with Gasteiger partial charge in [0.2, 0.25) is 5.95 Å². The van der Waals surface area contributed by atoms with Gasteiger partial charge in [-0.3, -0.25) is 14.7 Å². The molecule has 0 bridgehead atoms. The van der Waals surface area contributed by atoms with Crippen LogP contribution < -0.4 is 9.64 Å². The maximum atomic E-state index is 11.1. The van der Waals surface area contributed by atoms with Crippen LogP contribution in [-0.2, 0) is 6.54 Å². The lowest BCUT2D eigenvalue weighted by Gasteiger charge is -2.27. The molecular formula is C20H23N5O4S. The van der Waals surface area contributed by atoms with Crippen molar-refractivity contribution in [2.24, 2.45) is 0 Å². The van der Waals surface area contributed by atoms with Crippen molar-refractivity contribution >= 4 is 23.4 Å². The average Bonchev–Trinajstić information content (AvgIpc) is 3.43. The van der Waals surface area contributed by atoms with Gasteiger partial charge in [-0.15, -0.1) is 10.2 Å². The Hall–Kier alpha value is -3.01. The molecule has 1 aliphatic heterocycles. The summed E-state index contributed by atoms with van der Waals surface area (Å²) in [5, 5.41) is 20.7. The molecule has 1 aliphatic rings. The quantitative estimate of drug-likeness (QED) is 0.218. The molecular weight excluding hydrogens is 406 g/mol. The summed E-state index contributed by atoms with van der Waals surface area (Å²) in [6, 6.07) is 10.2. The van der Waals surface area contributed by atoms with Gasteiger partial charge in [0.1, 0.15) is 5.76 Å². The van der Waals surface area contributed by atoms with Crippen molar-refractivity contribution in [1.82, 2.24) is 14.8 Å². The zero-order chi connectivity index (χ0) is 20.8. The Morgan fingerprint density at radius 2 is 1.97 bits per heavy atom. The number of nitrogens with zero attached hydrogens (tertiary/aromatic N) is 5. The minimum absolute atomic E-state index is 0.0316. The van der Waals surface area contributed by atoms with Crippen LogP contribution in [0.1, 0.15) is 25.0 Å². The second-order valence-electron chi connectivity index (χ2n) is 6.92. The number of furan rings is 1. The predicted octanol–water partition coefficient (Wildman–Crippen LogP) is 3.99. The second kappa shape index (κ2) is 9.66. The summed E-state index contributed by atoms with van der Waals surface area (Å²) in [4.78, 5) is 12.9. The van der Waals surface area contributed by atoms with E-state index in [1.165, 1.54) is 24.2 Å². The predicted molar refractivity (Wildman–Crippen MR) is 113 cm³/mol. The van der Waals surface area contributed by atoms with Gasteiger partial charge in [0, 0.05) is 24.9 Å². The topological polar surface area (TPSA) is 99.5 Å². The first-order valence-electron chi connectivity index (χ1n) is 9.92. The van der Waals surface area contributed by atoms with Gasteiger partial charge in [-0.1, -0.05) is 23.9 Å². The number of ether oxygens (including phenoxy) is 1. The van der Waals surface area contributed by atoms with E-state index in [9.17, 15) is 10.1 Å². The zero-order valence-corrected chi connectivity index (χ0v) is 17.3. The third kappa shape index (κ3) is 4.76. The number of aromatic nitrogens is 3. The van der Waals surface area contributed by atoms with Gasteiger partial charge in [-0.25, -0.2) is 0 Å². The normalized spacial score (nSPS) is 14.1. The maximum absolute atomic E-state index is 11.1. The fourth-order valence-corrected chi connectivity index (χ4v) is 4.18. The van der Waals surface area contributed by atoms with Gasteiger partial charge in [0.05, 0.1) is 24.3 Å². The Morgan fingerprint density at radius 3 is 2.73 bits per heavy atom. The third-order valence-corrected chi connectivity index (χ3v) is 5.80. The molecule has 0 atom stereocenters. The molecule has 10 heteroatoms. The van der Waals surface area contributed by atoms with Crippen LogP contribution in [0.4, 0.5) is 11.6 Å². The van der Waals surface area contributed by atoms with Crippen molar-refractivity contribution in [1.29, 1.82) is 0 Å². The number of hydrogen-bond donors (Lipinski definition) is 0. The summed E-state index contributed by atoms with van der Waals surface area (Å²) in [5.41, 5.74) is -0.0316. The van der Waals surface area contributed by atoms with Crippen LogP contribution >= 0.6 is 11.8 Å². The number of piperidine rings is 1. The van der Waals surface area contributed by atoms with Crippen LogP contribution in [0, 0.1) is 10.1 Å². The Morgan fingerprint density at radius 1 is 1.13 bits per heavy atom. The Labute approximate surface area is 178 Å². The maximum Gasteiger partial charge on any atom is 0.310 e. The molecule has 0 N–H and O–H groups in total. The van der Waals surface area contributed by atoms with Crippen molar-refractivity contribution < 1.29 is 14.1 Å². The number of anilines is 1. The molecule has 0 unspecified atom stereocenters. The molecule has 30 heavy (non-hydrogen) atoms. The average molecular weight is 430 g/mol. The molecule has 1 saturated heterocycles. The number of thioether (sulfide) groups is 1. The van der Waals surface area contributed by atoms with Crippen LogP contribution in [0.25, 0.3) is 0 Å². The first-order chi connectivity index (χ1) is 14.7. The van der Waals surface area contributed by atoms with E-state index in [-0.39, 0.29) is 11.4 Å². The molecule has 0 radical (unpaired) electrons. The largest absolute Gasteiger partial charge is 0.486 e.